The zero-order valence-corrected chi connectivity index (χ0v) is 9.19. The van der Waals surface area contributed by atoms with Crippen molar-refractivity contribution in [3.8, 4) is 0 Å². The van der Waals surface area contributed by atoms with Crippen molar-refractivity contribution in [2.45, 2.75) is 6.42 Å². The van der Waals surface area contributed by atoms with Gasteiger partial charge in [-0.25, -0.2) is 0 Å². The molecule has 0 amide bonds. The summed E-state index contributed by atoms with van der Waals surface area (Å²) < 4.78 is 0. The number of aromatic nitrogens is 2. The number of halogens is 1. The van der Waals surface area contributed by atoms with Gasteiger partial charge in [-0.3, -0.25) is 4.79 Å². The lowest BCUT2D eigenvalue weighted by Crippen LogP contribution is -2.04. The Hall–Kier alpha value is -1.74. The molecule has 2 aromatic rings. The third kappa shape index (κ3) is 2.64. The average Bonchev–Trinajstić information content (AvgIpc) is 2.30. The van der Waals surface area contributed by atoms with Crippen LogP contribution in [0.5, 0.6) is 0 Å². The fourth-order valence-corrected chi connectivity index (χ4v) is 1.60. The van der Waals surface area contributed by atoms with Gasteiger partial charge in [-0.15, -0.1) is 0 Å². The Morgan fingerprint density at radius 2 is 2.12 bits per heavy atom. The number of carbonyl (C=O) groups excluding carboxylic acids is 1. The summed E-state index contributed by atoms with van der Waals surface area (Å²) in [5, 5.41) is 7.93. The number of hydrogen-bond acceptors (Lipinski definition) is 3. The molecule has 80 valence electrons. The van der Waals surface area contributed by atoms with Gasteiger partial charge in [-0.2, -0.15) is 10.2 Å². The Bertz CT molecular complexity index is 499. The van der Waals surface area contributed by atoms with Crippen molar-refractivity contribution in [3.63, 3.8) is 0 Å². The Morgan fingerprint density at radius 3 is 2.81 bits per heavy atom. The van der Waals surface area contributed by atoms with Gasteiger partial charge in [-0.1, -0.05) is 23.7 Å². The smallest absolute Gasteiger partial charge is 0.168 e. The van der Waals surface area contributed by atoms with E-state index in [-0.39, 0.29) is 5.78 Å². The third-order valence-electron chi connectivity index (χ3n) is 2.16. The molecule has 1 aromatic heterocycles. The summed E-state index contributed by atoms with van der Waals surface area (Å²) in [5.74, 6) is 0.0113. The minimum atomic E-state index is 0.0113. The molecule has 0 atom stereocenters. The van der Waals surface area contributed by atoms with Crippen LogP contribution in [0.15, 0.2) is 42.7 Å². The Balaban J connectivity index is 2.14. The number of carbonyl (C=O) groups is 1. The lowest BCUT2D eigenvalue weighted by Gasteiger charge is -2.01. The Kier molecular flexibility index (Phi) is 3.27. The minimum Gasteiger partial charge on any atom is -0.294 e. The van der Waals surface area contributed by atoms with Crippen molar-refractivity contribution in [2.75, 3.05) is 0 Å². The number of nitrogens with zero attached hydrogens (tertiary/aromatic N) is 2. The van der Waals surface area contributed by atoms with E-state index in [1.54, 1.807) is 18.2 Å². The normalized spacial score (nSPS) is 10.1. The molecule has 0 bridgehead atoms. The molecule has 16 heavy (non-hydrogen) atoms. The Morgan fingerprint density at radius 1 is 1.25 bits per heavy atom. The van der Waals surface area contributed by atoms with Gasteiger partial charge in [0.05, 0.1) is 12.4 Å². The molecule has 1 aromatic carbocycles. The van der Waals surface area contributed by atoms with Crippen molar-refractivity contribution in [2.24, 2.45) is 0 Å². The quantitative estimate of drug-likeness (QED) is 0.764. The SMILES string of the molecule is O=C(Cc1cccc(Cl)c1)c1ccnnc1. The van der Waals surface area contributed by atoms with E-state index in [1.807, 2.05) is 12.1 Å². The van der Waals surface area contributed by atoms with E-state index in [4.69, 9.17) is 11.6 Å². The van der Waals surface area contributed by atoms with Gasteiger partial charge in [0.25, 0.3) is 0 Å². The summed E-state index contributed by atoms with van der Waals surface area (Å²) in [4.78, 5) is 11.8. The largest absolute Gasteiger partial charge is 0.294 e. The average molecular weight is 233 g/mol. The minimum absolute atomic E-state index is 0.0113. The molecule has 2 rings (SSSR count). The van der Waals surface area contributed by atoms with Gasteiger partial charge in [0.2, 0.25) is 0 Å². The van der Waals surface area contributed by atoms with Crippen LogP contribution in [-0.4, -0.2) is 16.0 Å². The van der Waals surface area contributed by atoms with Gasteiger partial charge < -0.3 is 0 Å². The first-order chi connectivity index (χ1) is 7.75. The number of benzene rings is 1. The maximum Gasteiger partial charge on any atom is 0.168 e. The van der Waals surface area contributed by atoms with Crippen LogP contribution in [0.25, 0.3) is 0 Å². The van der Waals surface area contributed by atoms with E-state index in [2.05, 4.69) is 10.2 Å². The molecule has 3 nitrogen and oxygen atoms in total. The van der Waals surface area contributed by atoms with E-state index < -0.39 is 0 Å². The molecular weight excluding hydrogens is 224 g/mol. The first-order valence-electron chi connectivity index (χ1n) is 4.80. The standard InChI is InChI=1S/C12H9ClN2O/c13-11-3-1-2-9(6-11)7-12(16)10-4-5-14-15-8-10/h1-6,8H,7H2. The van der Waals surface area contributed by atoms with E-state index in [0.717, 1.165) is 5.56 Å². The maximum atomic E-state index is 11.8. The molecule has 0 unspecified atom stereocenters. The summed E-state index contributed by atoms with van der Waals surface area (Å²) in [5.41, 5.74) is 1.46. The van der Waals surface area contributed by atoms with E-state index in [1.165, 1.54) is 12.4 Å². The fraction of sp³-hybridized carbons (Fsp3) is 0.0833. The van der Waals surface area contributed by atoms with Gasteiger partial charge in [0.1, 0.15) is 0 Å². The molecule has 0 saturated heterocycles. The monoisotopic (exact) mass is 232 g/mol. The molecule has 4 heteroatoms. The van der Waals surface area contributed by atoms with Gasteiger partial charge >= 0.3 is 0 Å². The lowest BCUT2D eigenvalue weighted by molar-refractivity contribution is 0.0992. The molecule has 0 saturated carbocycles. The summed E-state index contributed by atoms with van der Waals surface area (Å²) in [7, 11) is 0. The highest BCUT2D eigenvalue weighted by Crippen LogP contribution is 2.12. The molecule has 0 fully saturated rings. The van der Waals surface area contributed by atoms with Crippen LogP contribution in [0.3, 0.4) is 0 Å². The molecule has 0 N–H and O–H groups in total. The third-order valence-corrected chi connectivity index (χ3v) is 2.40. The number of rotatable bonds is 3. The highest BCUT2D eigenvalue weighted by atomic mass is 35.5. The highest BCUT2D eigenvalue weighted by molar-refractivity contribution is 6.30. The first-order valence-corrected chi connectivity index (χ1v) is 5.18. The van der Waals surface area contributed by atoms with Crippen molar-refractivity contribution in [1.82, 2.24) is 10.2 Å². The molecule has 0 aliphatic carbocycles. The predicted molar refractivity (Wildman–Crippen MR) is 61.5 cm³/mol. The van der Waals surface area contributed by atoms with Crippen LogP contribution in [0.4, 0.5) is 0 Å². The summed E-state index contributed by atoms with van der Waals surface area (Å²) >= 11 is 5.84. The topological polar surface area (TPSA) is 42.9 Å². The first kappa shape index (κ1) is 10.8. The zero-order valence-electron chi connectivity index (χ0n) is 8.43. The molecule has 0 aliphatic heterocycles. The molecule has 0 spiro atoms. The van der Waals surface area contributed by atoms with Crippen LogP contribution in [-0.2, 0) is 6.42 Å². The predicted octanol–water partition coefficient (Wildman–Crippen LogP) is 2.56. The van der Waals surface area contributed by atoms with Gasteiger partial charge in [-0.05, 0) is 23.8 Å². The Labute approximate surface area is 98.1 Å². The van der Waals surface area contributed by atoms with Crippen molar-refractivity contribution in [1.29, 1.82) is 0 Å². The maximum absolute atomic E-state index is 11.8. The number of hydrogen-bond donors (Lipinski definition) is 0. The molecule has 0 radical (unpaired) electrons. The van der Waals surface area contributed by atoms with Gasteiger partial charge in [0.15, 0.2) is 5.78 Å². The summed E-state index contributed by atoms with van der Waals surface area (Å²) in [6.45, 7) is 0. The highest BCUT2D eigenvalue weighted by Gasteiger charge is 2.07. The molecule has 1 heterocycles. The second-order valence-electron chi connectivity index (χ2n) is 3.36. The summed E-state index contributed by atoms with van der Waals surface area (Å²) in [6, 6.07) is 8.92. The van der Waals surface area contributed by atoms with Crippen LogP contribution in [0, 0.1) is 0 Å². The van der Waals surface area contributed by atoms with Crippen LogP contribution >= 0.6 is 11.6 Å². The number of ketones is 1. The van der Waals surface area contributed by atoms with Crippen LogP contribution < -0.4 is 0 Å². The molecule has 0 aliphatic rings. The van der Waals surface area contributed by atoms with E-state index >= 15 is 0 Å². The van der Waals surface area contributed by atoms with Crippen molar-refractivity contribution >= 4 is 17.4 Å². The summed E-state index contributed by atoms with van der Waals surface area (Å²) in [6.07, 6.45) is 3.30. The molecular formula is C12H9ClN2O. The zero-order chi connectivity index (χ0) is 11.4. The van der Waals surface area contributed by atoms with Crippen molar-refractivity contribution in [3.05, 3.63) is 58.9 Å². The second kappa shape index (κ2) is 4.86. The second-order valence-corrected chi connectivity index (χ2v) is 3.80. The van der Waals surface area contributed by atoms with E-state index in [9.17, 15) is 4.79 Å². The van der Waals surface area contributed by atoms with E-state index in [0.29, 0.717) is 17.0 Å². The number of Topliss-reactive ketones (excluding diaryl/α,β-unsaturated/α-hetero) is 1. The van der Waals surface area contributed by atoms with Gasteiger partial charge in [0, 0.05) is 17.0 Å². The fourth-order valence-electron chi connectivity index (χ4n) is 1.39. The lowest BCUT2D eigenvalue weighted by atomic mass is 10.1. The van der Waals surface area contributed by atoms with Crippen molar-refractivity contribution < 1.29 is 4.79 Å². The van der Waals surface area contributed by atoms with Crippen LogP contribution in [0.2, 0.25) is 5.02 Å². The van der Waals surface area contributed by atoms with Crippen LogP contribution in [0.1, 0.15) is 15.9 Å².